The van der Waals surface area contributed by atoms with Crippen LogP contribution in [0, 0.1) is 12.7 Å². The highest BCUT2D eigenvalue weighted by Gasteiger charge is 2.36. The van der Waals surface area contributed by atoms with Crippen LogP contribution in [0.15, 0.2) is 39.8 Å². The maximum atomic E-state index is 12.9. The first kappa shape index (κ1) is 16.9. The Kier molecular flexibility index (Phi) is 4.66. The molecule has 1 aromatic heterocycles. The highest BCUT2D eigenvalue weighted by Crippen LogP contribution is 2.32. The third-order valence-corrected chi connectivity index (χ3v) is 4.15. The van der Waals surface area contributed by atoms with Crippen molar-refractivity contribution >= 4 is 40.7 Å². The van der Waals surface area contributed by atoms with Crippen LogP contribution < -0.4 is 5.32 Å². The summed E-state index contributed by atoms with van der Waals surface area (Å²) in [6, 6.07) is 7.00. The Morgan fingerprint density at radius 3 is 2.72 bits per heavy atom. The second kappa shape index (κ2) is 6.89. The smallest absolute Gasteiger partial charge is 0.294 e. The number of nitrogens with zero attached hydrogens (tertiary/aromatic N) is 2. The van der Waals surface area contributed by atoms with Gasteiger partial charge in [-0.25, -0.2) is 4.39 Å². The van der Waals surface area contributed by atoms with Gasteiger partial charge in [0.15, 0.2) is 5.82 Å². The SMILES string of the molecule is Cc1cc(NC(=O)CN2C(=O)S/C(=C\c3ccc(F)cc3)C2=O)no1. The van der Waals surface area contributed by atoms with E-state index in [4.69, 9.17) is 4.52 Å². The predicted molar refractivity (Wildman–Crippen MR) is 88.9 cm³/mol. The van der Waals surface area contributed by atoms with Gasteiger partial charge in [0, 0.05) is 6.07 Å². The maximum Gasteiger partial charge on any atom is 0.294 e. The van der Waals surface area contributed by atoms with Crippen molar-refractivity contribution in [3.8, 4) is 0 Å². The van der Waals surface area contributed by atoms with Gasteiger partial charge in [-0.05, 0) is 42.5 Å². The molecule has 0 aliphatic carbocycles. The number of halogens is 1. The Labute approximate surface area is 145 Å². The number of rotatable bonds is 4. The van der Waals surface area contributed by atoms with Gasteiger partial charge in [0.05, 0.1) is 4.91 Å². The number of amides is 3. The van der Waals surface area contributed by atoms with Crippen LogP contribution in [0.5, 0.6) is 0 Å². The number of carbonyl (C=O) groups excluding carboxylic acids is 3. The Morgan fingerprint density at radius 1 is 1.36 bits per heavy atom. The van der Waals surface area contributed by atoms with Gasteiger partial charge >= 0.3 is 0 Å². The molecule has 1 fully saturated rings. The van der Waals surface area contributed by atoms with E-state index in [1.165, 1.54) is 36.4 Å². The summed E-state index contributed by atoms with van der Waals surface area (Å²) >= 11 is 0.724. The second-order valence-electron chi connectivity index (χ2n) is 5.19. The van der Waals surface area contributed by atoms with Crippen molar-refractivity contribution in [2.24, 2.45) is 0 Å². The molecule has 1 aromatic carbocycles. The minimum atomic E-state index is -0.578. The Bertz CT molecular complexity index is 876. The first-order chi connectivity index (χ1) is 11.9. The number of imide groups is 1. The van der Waals surface area contributed by atoms with E-state index in [2.05, 4.69) is 10.5 Å². The molecule has 25 heavy (non-hydrogen) atoms. The predicted octanol–water partition coefficient (Wildman–Crippen LogP) is 2.80. The summed E-state index contributed by atoms with van der Waals surface area (Å²) in [5.41, 5.74) is 0.578. The summed E-state index contributed by atoms with van der Waals surface area (Å²) < 4.78 is 17.7. The fourth-order valence-electron chi connectivity index (χ4n) is 2.10. The van der Waals surface area contributed by atoms with Gasteiger partial charge in [-0.15, -0.1) is 0 Å². The standard InChI is InChI=1S/C16H12FN3O4S/c1-9-6-13(19-24-9)18-14(21)8-20-15(22)12(25-16(20)23)7-10-2-4-11(17)5-3-10/h2-7H,8H2,1H3,(H,18,19,21)/b12-7-. The molecule has 3 amide bonds. The van der Waals surface area contributed by atoms with Crippen LogP contribution in [0.2, 0.25) is 0 Å². The highest BCUT2D eigenvalue weighted by molar-refractivity contribution is 8.18. The normalized spacial score (nSPS) is 15.9. The topological polar surface area (TPSA) is 92.5 Å². The summed E-state index contributed by atoms with van der Waals surface area (Å²) in [5, 5.41) is 5.49. The summed E-state index contributed by atoms with van der Waals surface area (Å²) in [4.78, 5) is 37.3. The van der Waals surface area contributed by atoms with Gasteiger partial charge < -0.3 is 9.84 Å². The van der Waals surface area contributed by atoms with E-state index < -0.39 is 29.4 Å². The van der Waals surface area contributed by atoms with E-state index in [1.54, 1.807) is 6.92 Å². The number of hydrogen-bond donors (Lipinski definition) is 1. The van der Waals surface area contributed by atoms with E-state index >= 15 is 0 Å². The summed E-state index contributed by atoms with van der Waals surface area (Å²) in [6.07, 6.45) is 1.48. The molecule has 0 radical (unpaired) electrons. The molecule has 1 saturated heterocycles. The Balaban J connectivity index is 1.68. The summed E-state index contributed by atoms with van der Waals surface area (Å²) in [6.45, 7) is 1.23. The molecule has 1 N–H and O–H groups in total. The molecule has 1 aliphatic heterocycles. The zero-order valence-electron chi connectivity index (χ0n) is 13.0. The molecular weight excluding hydrogens is 349 g/mol. The monoisotopic (exact) mass is 361 g/mol. The minimum Gasteiger partial charge on any atom is -0.360 e. The lowest BCUT2D eigenvalue weighted by Crippen LogP contribution is -2.36. The highest BCUT2D eigenvalue weighted by atomic mass is 32.2. The lowest BCUT2D eigenvalue weighted by molar-refractivity contribution is -0.127. The molecule has 2 aromatic rings. The molecule has 128 valence electrons. The van der Waals surface area contributed by atoms with Crippen LogP contribution in [0.25, 0.3) is 6.08 Å². The van der Waals surface area contributed by atoms with E-state index in [0.29, 0.717) is 11.3 Å². The molecule has 9 heteroatoms. The lowest BCUT2D eigenvalue weighted by Gasteiger charge is -2.11. The van der Waals surface area contributed by atoms with Crippen molar-refractivity contribution < 1.29 is 23.3 Å². The number of carbonyl (C=O) groups is 3. The minimum absolute atomic E-state index is 0.168. The second-order valence-corrected chi connectivity index (χ2v) is 6.18. The molecule has 0 bridgehead atoms. The molecule has 0 spiro atoms. The first-order valence-electron chi connectivity index (χ1n) is 7.16. The number of nitrogens with one attached hydrogen (secondary N) is 1. The molecular formula is C16H12FN3O4S. The van der Waals surface area contributed by atoms with E-state index in [1.807, 2.05) is 0 Å². The lowest BCUT2D eigenvalue weighted by atomic mass is 10.2. The van der Waals surface area contributed by atoms with Crippen LogP contribution in [-0.2, 0) is 9.59 Å². The quantitative estimate of drug-likeness (QED) is 0.842. The molecule has 3 rings (SSSR count). The largest absolute Gasteiger partial charge is 0.360 e. The van der Waals surface area contributed by atoms with Crippen molar-refractivity contribution in [1.82, 2.24) is 10.1 Å². The van der Waals surface area contributed by atoms with Gasteiger partial charge in [-0.2, -0.15) is 0 Å². The van der Waals surface area contributed by atoms with Crippen LogP contribution in [0.4, 0.5) is 15.0 Å². The molecule has 0 atom stereocenters. The van der Waals surface area contributed by atoms with Crippen molar-refractivity contribution in [2.45, 2.75) is 6.92 Å². The third-order valence-electron chi connectivity index (χ3n) is 3.24. The maximum absolute atomic E-state index is 12.9. The molecule has 2 heterocycles. The van der Waals surface area contributed by atoms with Gasteiger partial charge in [-0.1, -0.05) is 17.3 Å². The van der Waals surface area contributed by atoms with Crippen LogP contribution in [0.3, 0.4) is 0 Å². The third kappa shape index (κ3) is 3.94. The number of anilines is 1. The summed E-state index contributed by atoms with van der Waals surface area (Å²) in [5.74, 6) is -0.825. The molecule has 0 saturated carbocycles. The Morgan fingerprint density at radius 2 is 2.08 bits per heavy atom. The average Bonchev–Trinajstić information content (AvgIpc) is 3.08. The zero-order valence-corrected chi connectivity index (χ0v) is 13.8. The van der Waals surface area contributed by atoms with Crippen molar-refractivity contribution in [3.63, 3.8) is 0 Å². The van der Waals surface area contributed by atoms with Crippen molar-refractivity contribution in [1.29, 1.82) is 0 Å². The Hall–Kier alpha value is -2.94. The number of hydrogen-bond acceptors (Lipinski definition) is 6. The molecule has 1 aliphatic rings. The summed E-state index contributed by atoms with van der Waals surface area (Å²) in [7, 11) is 0. The van der Waals surface area contributed by atoms with Crippen LogP contribution in [0.1, 0.15) is 11.3 Å². The van der Waals surface area contributed by atoms with E-state index in [-0.39, 0.29) is 10.7 Å². The molecule has 7 nitrogen and oxygen atoms in total. The van der Waals surface area contributed by atoms with Crippen LogP contribution >= 0.6 is 11.8 Å². The average molecular weight is 361 g/mol. The first-order valence-corrected chi connectivity index (χ1v) is 7.98. The van der Waals surface area contributed by atoms with E-state index in [0.717, 1.165) is 16.7 Å². The molecule has 0 unspecified atom stereocenters. The van der Waals surface area contributed by atoms with Crippen molar-refractivity contribution in [3.05, 3.63) is 52.4 Å². The number of benzene rings is 1. The van der Waals surface area contributed by atoms with Gasteiger partial charge in [0.2, 0.25) is 5.91 Å². The van der Waals surface area contributed by atoms with Gasteiger partial charge in [0.25, 0.3) is 11.1 Å². The fraction of sp³-hybridized carbons (Fsp3) is 0.125. The van der Waals surface area contributed by atoms with E-state index in [9.17, 15) is 18.8 Å². The number of thioether (sulfide) groups is 1. The van der Waals surface area contributed by atoms with Gasteiger partial charge in [0.1, 0.15) is 18.1 Å². The zero-order chi connectivity index (χ0) is 18.0. The fourth-order valence-corrected chi connectivity index (χ4v) is 2.94. The van der Waals surface area contributed by atoms with Gasteiger partial charge in [-0.3, -0.25) is 19.3 Å². The van der Waals surface area contributed by atoms with Crippen molar-refractivity contribution in [2.75, 3.05) is 11.9 Å². The number of aromatic nitrogens is 1. The number of aryl methyl sites for hydroxylation is 1. The van der Waals surface area contributed by atoms with Crippen LogP contribution in [-0.4, -0.2) is 33.7 Å².